The van der Waals surface area contributed by atoms with Gasteiger partial charge in [0, 0.05) is 12.6 Å². The minimum atomic E-state index is -3.41. The maximum atomic E-state index is 12.5. The molecule has 1 unspecified atom stereocenters. The Balaban J connectivity index is 2.32. The molecule has 6 heteroatoms. The van der Waals surface area contributed by atoms with Gasteiger partial charge in [-0.2, -0.15) is 9.57 Å². The van der Waals surface area contributed by atoms with Crippen molar-refractivity contribution in [1.29, 1.82) is 5.26 Å². The summed E-state index contributed by atoms with van der Waals surface area (Å²) in [7, 11) is -3.41. The van der Waals surface area contributed by atoms with Gasteiger partial charge < -0.3 is 0 Å². The zero-order valence-corrected chi connectivity index (χ0v) is 11.9. The Labute approximate surface area is 112 Å². The molecule has 0 aliphatic carbocycles. The molecule has 1 saturated heterocycles. The van der Waals surface area contributed by atoms with Crippen molar-refractivity contribution in [2.24, 2.45) is 0 Å². The predicted octanol–water partition coefficient (Wildman–Crippen LogP) is 2.57. The maximum absolute atomic E-state index is 12.5. The summed E-state index contributed by atoms with van der Waals surface area (Å²) in [4.78, 5) is 0.443. The Morgan fingerprint density at radius 3 is 2.89 bits per heavy atom. The molecule has 0 N–H and O–H groups in total. The molecule has 2 heterocycles. The molecule has 0 radical (unpaired) electrons. The van der Waals surface area contributed by atoms with Gasteiger partial charge in [0.05, 0.1) is 0 Å². The lowest BCUT2D eigenvalue weighted by Crippen LogP contribution is -2.42. The first-order chi connectivity index (χ1) is 8.59. The number of rotatable bonds is 3. The highest BCUT2D eigenvalue weighted by Gasteiger charge is 2.33. The number of nitrogens with zero attached hydrogens (tertiary/aromatic N) is 2. The van der Waals surface area contributed by atoms with Crippen LogP contribution >= 0.6 is 11.3 Å². The molecule has 1 aromatic rings. The van der Waals surface area contributed by atoms with Crippen LogP contribution in [0.2, 0.25) is 0 Å². The molecule has 2 rings (SSSR count). The first-order valence-electron chi connectivity index (χ1n) is 6.11. The monoisotopic (exact) mass is 284 g/mol. The number of hydrogen-bond donors (Lipinski definition) is 0. The average Bonchev–Trinajstić information content (AvgIpc) is 2.88. The van der Waals surface area contributed by atoms with Crippen molar-refractivity contribution >= 4 is 21.4 Å². The number of thiophene rings is 1. The summed E-state index contributed by atoms with van der Waals surface area (Å²) in [5.74, 6) is 0. The zero-order chi connectivity index (χ0) is 13.2. The van der Waals surface area contributed by atoms with Crippen molar-refractivity contribution in [3.05, 3.63) is 17.0 Å². The molecule has 0 spiro atoms. The Morgan fingerprint density at radius 1 is 1.50 bits per heavy atom. The third kappa shape index (κ3) is 2.44. The third-order valence-electron chi connectivity index (χ3n) is 3.30. The van der Waals surface area contributed by atoms with Gasteiger partial charge in [-0.1, -0.05) is 13.3 Å². The van der Waals surface area contributed by atoms with E-state index in [-0.39, 0.29) is 6.04 Å². The van der Waals surface area contributed by atoms with Crippen LogP contribution in [0, 0.1) is 11.3 Å². The Hall–Kier alpha value is -0.900. The van der Waals surface area contributed by atoms with Crippen LogP contribution in [-0.2, 0) is 10.0 Å². The first-order valence-corrected chi connectivity index (χ1v) is 8.37. The highest BCUT2D eigenvalue weighted by atomic mass is 32.2. The Bertz CT molecular complexity index is 557. The van der Waals surface area contributed by atoms with Gasteiger partial charge in [-0.15, -0.1) is 11.3 Å². The minimum absolute atomic E-state index is 0.108. The summed E-state index contributed by atoms with van der Waals surface area (Å²) in [6, 6.07) is 5.20. The van der Waals surface area contributed by atoms with Crippen LogP contribution in [0.4, 0.5) is 0 Å². The highest BCUT2D eigenvalue weighted by Crippen LogP contribution is 2.30. The van der Waals surface area contributed by atoms with Crippen LogP contribution in [0.25, 0.3) is 0 Å². The Morgan fingerprint density at radius 2 is 2.28 bits per heavy atom. The zero-order valence-electron chi connectivity index (χ0n) is 10.3. The van der Waals surface area contributed by atoms with Gasteiger partial charge in [-0.05, 0) is 31.4 Å². The van der Waals surface area contributed by atoms with Gasteiger partial charge in [-0.25, -0.2) is 8.42 Å². The van der Waals surface area contributed by atoms with Crippen molar-refractivity contribution in [2.75, 3.05) is 6.54 Å². The van der Waals surface area contributed by atoms with Crippen molar-refractivity contribution in [1.82, 2.24) is 4.31 Å². The largest absolute Gasteiger partial charge is 0.252 e. The van der Waals surface area contributed by atoms with Crippen molar-refractivity contribution < 1.29 is 8.42 Å². The molecule has 1 aliphatic heterocycles. The van der Waals surface area contributed by atoms with Crippen molar-refractivity contribution in [3.8, 4) is 6.07 Å². The fourth-order valence-corrected chi connectivity index (χ4v) is 5.33. The van der Waals surface area contributed by atoms with E-state index in [1.165, 1.54) is 0 Å². The number of nitriles is 1. The van der Waals surface area contributed by atoms with Crippen LogP contribution in [0.1, 0.15) is 37.5 Å². The van der Waals surface area contributed by atoms with E-state index in [2.05, 4.69) is 0 Å². The normalized spacial score (nSPS) is 21.7. The van der Waals surface area contributed by atoms with E-state index < -0.39 is 10.0 Å². The smallest absolute Gasteiger partial charge is 0.206 e. The second-order valence-corrected chi connectivity index (χ2v) is 7.61. The summed E-state index contributed by atoms with van der Waals surface area (Å²) < 4.78 is 26.9. The van der Waals surface area contributed by atoms with Gasteiger partial charge in [0.15, 0.2) is 0 Å². The van der Waals surface area contributed by atoms with E-state index in [0.717, 1.165) is 37.0 Å². The van der Waals surface area contributed by atoms with Crippen LogP contribution < -0.4 is 0 Å². The quantitative estimate of drug-likeness (QED) is 0.857. The predicted molar refractivity (Wildman–Crippen MR) is 70.9 cm³/mol. The van der Waals surface area contributed by atoms with Gasteiger partial charge in [0.1, 0.15) is 15.2 Å². The molecule has 0 saturated carbocycles. The van der Waals surface area contributed by atoms with E-state index in [4.69, 9.17) is 5.26 Å². The molecule has 1 aliphatic rings. The van der Waals surface area contributed by atoms with Gasteiger partial charge in [0.2, 0.25) is 0 Å². The van der Waals surface area contributed by atoms with E-state index in [1.54, 1.807) is 16.4 Å². The summed E-state index contributed by atoms with van der Waals surface area (Å²) in [6.45, 7) is 2.62. The van der Waals surface area contributed by atoms with E-state index in [0.29, 0.717) is 15.6 Å². The van der Waals surface area contributed by atoms with E-state index in [1.807, 2.05) is 13.0 Å². The summed E-state index contributed by atoms with van der Waals surface area (Å²) >= 11 is 1.06. The lowest BCUT2D eigenvalue weighted by molar-refractivity contribution is 0.247. The van der Waals surface area contributed by atoms with Crippen LogP contribution in [-0.4, -0.2) is 25.3 Å². The second-order valence-electron chi connectivity index (χ2n) is 4.40. The molecule has 1 fully saturated rings. The highest BCUT2D eigenvalue weighted by molar-refractivity contribution is 7.91. The molecule has 18 heavy (non-hydrogen) atoms. The topological polar surface area (TPSA) is 61.2 Å². The van der Waals surface area contributed by atoms with Crippen LogP contribution in [0.15, 0.2) is 16.3 Å². The van der Waals surface area contributed by atoms with E-state index >= 15 is 0 Å². The average molecular weight is 284 g/mol. The van der Waals surface area contributed by atoms with E-state index in [9.17, 15) is 8.42 Å². The lowest BCUT2D eigenvalue weighted by atomic mass is 10.0. The molecular formula is C12H16N2O2S2. The third-order valence-corrected chi connectivity index (χ3v) is 6.71. The fourth-order valence-electron chi connectivity index (χ4n) is 2.33. The van der Waals surface area contributed by atoms with Gasteiger partial charge in [-0.3, -0.25) is 0 Å². The first kappa shape index (κ1) is 13.5. The van der Waals surface area contributed by atoms with Gasteiger partial charge >= 0.3 is 0 Å². The standard InChI is InChI=1S/C12H16N2O2S2/c1-2-10-5-3-4-8-14(10)18(15,16)12-7-6-11(9-13)17-12/h6-7,10H,2-5,8H2,1H3. The van der Waals surface area contributed by atoms with Crippen molar-refractivity contribution in [2.45, 2.75) is 42.9 Å². The number of piperidine rings is 1. The molecule has 4 nitrogen and oxygen atoms in total. The number of sulfonamides is 1. The fraction of sp³-hybridized carbons (Fsp3) is 0.583. The van der Waals surface area contributed by atoms with Crippen LogP contribution in [0.3, 0.4) is 0 Å². The number of hydrogen-bond acceptors (Lipinski definition) is 4. The lowest BCUT2D eigenvalue weighted by Gasteiger charge is -2.33. The Kier molecular flexibility index (Phi) is 4.05. The molecule has 0 amide bonds. The molecule has 0 aromatic carbocycles. The molecule has 98 valence electrons. The maximum Gasteiger partial charge on any atom is 0.252 e. The summed E-state index contributed by atoms with van der Waals surface area (Å²) in [5, 5.41) is 8.78. The summed E-state index contributed by atoms with van der Waals surface area (Å²) in [6.07, 6.45) is 3.80. The molecule has 1 atom stereocenters. The minimum Gasteiger partial charge on any atom is -0.206 e. The van der Waals surface area contributed by atoms with Crippen LogP contribution in [0.5, 0.6) is 0 Å². The second kappa shape index (κ2) is 5.39. The SMILES string of the molecule is CCC1CCCCN1S(=O)(=O)c1ccc(C#N)s1. The summed E-state index contributed by atoms with van der Waals surface area (Å²) in [5.41, 5.74) is 0. The molecule has 1 aromatic heterocycles. The molecule has 0 bridgehead atoms. The van der Waals surface area contributed by atoms with Crippen molar-refractivity contribution in [3.63, 3.8) is 0 Å². The van der Waals surface area contributed by atoms with Gasteiger partial charge in [0.25, 0.3) is 10.0 Å². The molecular weight excluding hydrogens is 268 g/mol.